The molecule has 0 aromatic heterocycles. The molecule has 0 heterocycles. The molecule has 0 unspecified atom stereocenters. The fraction of sp³-hybridized carbons (Fsp3) is 0.381. The van der Waals surface area contributed by atoms with Gasteiger partial charge in [-0.2, -0.15) is 0 Å². The highest BCUT2D eigenvalue weighted by Crippen LogP contribution is 2.24. The summed E-state index contributed by atoms with van der Waals surface area (Å²) >= 11 is 0. The molecule has 2 aromatic rings. The molecule has 0 fully saturated rings. The van der Waals surface area contributed by atoms with E-state index in [0.29, 0.717) is 0 Å². The van der Waals surface area contributed by atoms with Crippen molar-refractivity contribution in [1.82, 2.24) is 5.32 Å². The molecular weight excluding hydrogens is 296 g/mol. The topological polar surface area (TPSA) is 32.3 Å². The molecule has 0 spiro atoms. The molecule has 0 radical (unpaired) electrons. The maximum Gasteiger partial charge on any atom is 0.326 e. The molecular formula is C21H28N2O. The Bertz CT molecular complexity index is 544. The van der Waals surface area contributed by atoms with Gasteiger partial charge in [0.25, 0.3) is 0 Å². The van der Waals surface area contributed by atoms with Crippen molar-refractivity contribution in [3.8, 4) is 0 Å². The molecule has 1 N–H and O–H groups in total. The Morgan fingerprint density at radius 3 is 1.83 bits per heavy atom. The van der Waals surface area contributed by atoms with E-state index in [2.05, 4.69) is 12.2 Å². The molecule has 2 amide bonds. The second kappa shape index (κ2) is 10.5. The van der Waals surface area contributed by atoms with E-state index in [1.54, 1.807) is 4.90 Å². The van der Waals surface area contributed by atoms with Gasteiger partial charge in [0.2, 0.25) is 0 Å². The zero-order chi connectivity index (χ0) is 17.0. The first-order valence-corrected chi connectivity index (χ1v) is 9.01. The summed E-state index contributed by atoms with van der Waals surface area (Å²) in [7, 11) is 0. The summed E-state index contributed by atoms with van der Waals surface area (Å²) in [4.78, 5) is 14.4. The van der Waals surface area contributed by atoms with E-state index >= 15 is 0 Å². The lowest BCUT2D eigenvalue weighted by Gasteiger charge is -2.23. The predicted octanol–water partition coefficient (Wildman–Crippen LogP) is 5.89. The molecule has 128 valence electrons. The maximum absolute atomic E-state index is 12.7. The lowest BCUT2D eigenvalue weighted by Crippen LogP contribution is -2.37. The number of urea groups is 1. The van der Waals surface area contributed by atoms with Gasteiger partial charge >= 0.3 is 6.03 Å². The van der Waals surface area contributed by atoms with Gasteiger partial charge in [-0.1, -0.05) is 75.4 Å². The Morgan fingerprint density at radius 1 is 0.792 bits per heavy atom. The number of carbonyl (C=O) groups excluding carboxylic acids is 1. The molecule has 24 heavy (non-hydrogen) atoms. The van der Waals surface area contributed by atoms with Crippen LogP contribution >= 0.6 is 0 Å². The Balaban J connectivity index is 1.92. The number of hydrogen-bond donors (Lipinski definition) is 1. The van der Waals surface area contributed by atoms with E-state index in [0.717, 1.165) is 24.3 Å². The number of nitrogens with one attached hydrogen (secondary N) is 1. The summed E-state index contributed by atoms with van der Waals surface area (Å²) in [5, 5.41) is 3.06. The Hall–Kier alpha value is -2.29. The molecule has 3 nitrogen and oxygen atoms in total. The van der Waals surface area contributed by atoms with Crippen molar-refractivity contribution < 1.29 is 4.79 Å². The lowest BCUT2D eigenvalue weighted by atomic mass is 10.1. The van der Waals surface area contributed by atoms with Crippen molar-refractivity contribution in [2.75, 3.05) is 11.4 Å². The third-order valence-corrected chi connectivity index (χ3v) is 4.04. The highest BCUT2D eigenvalue weighted by atomic mass is 16.2. The largest absolute Gasteiger partial charge is 0.337 e. The third kappa shape index (κ3) is 5.73. The highest BCUT2D eigenvalue weighted by molar-refractivity contribution is 5.99. The molecule has 0 aliphatic heterocycles. The van der Waals surface area contributed by atoms with Crippen LogP contribution in [0.2, 0.25) is 0 Å². The summed E-state index contributed by atoms with van der Waals surface area (Å²) in [6, 6.07) is 19.5. The minimum Gasteiger partial charge on any atom is -0.337 e. The zero-order valence-electron chi connectivity index (χ0n) is 14.6. The number of anilines is 2. The van der Waals surface area contributed by atoms with Gasteiger partial charge in [0.1, 0.15) is 0 Å². The number of hydrogen-bond acceptors (Lipinski definition) is 1. The van der Waals surface area contributed by atoms with Gasteiger partial charge in [-0.25, -0.2) is 4.79 Å². The summed E-state index contributed by atoms with van der Waals surface area (Å²) in [5.41, 5.74) is 1.76. The van der Waals surface area contributed by atoms with Crippen LogP contribution in [0.4, 0.5) is 16.2 Å². The molecule has 0 aliphatic rings. The second-order valence-electron chi connectivity index (χ2n) is 6.01. The van der Waals surface area contributed by atoms with Gasteiger partial charge in [-0.15, -0.1) is 0 Å². The van der Waals surface area contributed by atoms with Crippen LogP contribution in [0.3, 0.4) is 0 Å². The van der Waals surface area contributed by atoms with Crippen molar-refractivity contribution in [1.29, 1.82) is 0 Å². The van der Waals surface area contributed by atoms with E-state index < -0.39 is 0 Å². The molecule has 0 aliphatic carbocycles. The van der Waals surface area contributed by atoms with Crippen LogP contribution < -0.4 is 10.2 Å². The van der Waals surface area contributed by atoms with E-state index in [1.165, 1.54) is 32.1 Å². The van der Waals surface area contributed by atoms with Crippen LogP contribution in [0.15, 0.2) is 60.7 Å². The van der Waals surface area contributed by atoms with Gasteiger partial charge in [0, 0.05) is 6.54 Å². The van der Waals surface area contributed by atoms with Gasteiger partial charge in [0.05, 0.1) is 11.4 Å². The lowest BCUT2D eigenvalue weighted by molar-refractivity contribution is 0.248. The van der Waals surface area contributed by atoms with Crippen molar-refractivity contribution in [3.63, 3.8) is 0 Å². The standard InChI is InChI=1S/C21H28N2O/c1-2-3-4-5-6-13-18-22-21(24)23(19-14-9-7-10-15-19)20-16-11-8-12-17-20/h7-12,14-17H,2-6,13,18H2,1H3,(H,22,24). The number of unbranched alkanes of at least 4 members (excludes halogenated alkanes) is 5. The maximum atomic E-state index is 12.7. The fourth-order valence-corrected chi connectivity index (χ4v) is 2.72. The first-order valence-electron chi connectivity index (χ1n) is 9.01. The van der Waals surface area contributed by atoms with Crippen molar-refractivity contribution >= 4 is 17.4 Å². The number of amides is 2. The molecule has 2 aromatic carbocycles. The normalized spacial score (nSPS) is 10.4. The zero-order valence-corrected chi connectivity index (χ0v) is 14.6. The number of para-hydroxylation sites is 2. The number of nitrogens with zero attached hydrogens (tertiary/aromatic N) is 1. The average molecular weight is 324 g/mol. The smallest absolute Gasteiger partial charge is 0.326 e. The van der Waals surface area contributed by atoms with E-state index in [9.17, 15) is 4.79 Å². The minimum atomic E-state index is -0.0686. The summed E-state index contributed by atoms with van der Waals surface area (Å²) in [5.74, 6) is 0. The molecule has 3 heteroatoms. The predicted molar refractivity (Wildman–Crippen MR) is 102 cm³/mol. The van der Waals surface area contributed by atoms with Gasteiger partial charge < -0.3 is 5.32 Å². The summed E-state index contributed by atoms with van der Waals surface area (Å²) < 4.78 is 0. The fourth-order valence-electron chi connectivity index (χ4n) is 2.72. The number of rotatable bonds is 9. The van der Waals surface area contributed by atoms with Crippen molar-refractivity contribution in [3.05, 3.63) is 60.7 Å². The summed E-state index contributed by atoms with van der Waals surface area (Å²) in [6.45, 7) is 2.95. The SMILES string of the molecule is CCCCCCCCNC(=O)N(c1ccccc1)c1ccccc1. The molecule has 0 saturated carbocycles. The Kier molecular flexibility index (Phi) is 7.88. The molecule has 0 saturated heterocycles. The minimum absolute atomic E-state index is 0.0686. The van der Waals surface area contributed by atoms with E-state index in [-0.39, 0.29) is 6.03 Å². The van der Waals surface area contributed by atoms with Gasteiger partial charge in [-0.05, 0) is 30.7 Å². The summed E-state index contributed by atoms with van der Waals surface area (Å²) in [6.07, 6.45) is 7.33. The third-order valence-electron chi connectivity index (χ3n) is 4.04. The van der Waals surface area contributed by atoms with Crippen LogP contribution in [0, 0.1) is 0 Å². The van der Waals surface area contributed by atoms with Crippen LogP contribution in [0.1, 0.15) is 45.4 Å². The first-order chi connectivity index (χ1) is 11.8. The van der Waals surface area contributed by atoms with E-state index in [1.807, 2.05) is 60.7 Å². The Labute approximate surface area is 145 Å². The van der Waals surface area contributed by atoms with Crippen LogP contribution in [0.5, 0.6) is 0 Å². The van der Waals surface area contributed by atoms with Crippen LogP contribution in [-0.2, 0) is 0 Å². The molecule has 0 bridgehead atoms. The van der Waals surface area contributed by atoms with Gasteiger partial charge in [0.15, 0.2) is 0 Å². The van der Waals surface area contributed by atoms with Crippen LogP contribution in [-0.4, -0.2) is 12.6 Å². The number of carbonyl (C=O) groups is 1. The van der Waals surface area contributed by atoms with Crippen LogP contribution in [0.25, 0.3) is 0 Å². The number of benzene rings is 2. The van der Waals surface area contributed by atoms with Crippen molar-refractivity contribution in [2.45, 2.75) is 45.4 Å². The highest BCUT2D eigenvalue weighted by Gasteiger charge is 2.16. The first kappa shape index (κ1) is 18.1. The van der Waals surface area contributed by atoms with Gasteiger partial charge in [-0.3, -0.25) is 4.90 Å². The average Bonchev–Trinajstić information content (AvgIpc) is 2.63. The van der Waals surface area contributed by atoms with Crippen molar-refractivity contribution in [2.24, 2.45) is 0 Å². The monoisotopic (exact) mass is 324 g/mol. The Morgan fingerprint density at radius 2 is 1.29 bits per heavy atom. The quantitative estimate of drug-likeness (QED) is 0.573. The second-order valence-corrected chi connectivity index (χ2v) is 6.01. The molecule has 0 atom stereocenters. The molecule has 2 rings (SSSR count). The van der Waals surface area contributed by atoms with E-state index in [4.69, 9.17) is 0 Å².